The number of rotatable bonds is 28. The third kappa shape index (κ3) is 18.3. The minimum absolute atomic E-state index is 0.0450. The lowest BCUT2D eigenvalue weighted by Gasteiger charge is -2.27. The van der Waals surface area contributed by atoms with Crippen LogP contribution in [0.1, 0.15) is 48.6 Å². The fourth-order valence-electron chi connectivity index (χ4n) is 7.05. The van der Waals surface area contributed by atoms with Crippen LogP contribution in [0.25, 0.3) is 0 Å². The van der Waals surface area contributed by atoms with Crippen LogP contribution in [0.3, 0.4) is 0 Å². The van der Waals surface area contributed by atoms with E-state index in [0.717, 1.165) is 0 Å². The molecule has 23 heteroatoms. The number of carboxylic acid groups (broad SMARTS) is 1. The maximum Gasteiger partial charge on any atom is 0.326 e. The third-order valence-electron chi connectivity index (χ3n) is 10.8. The van der Waals surface area contributed by atoms with Gasteiger partial charge in [0, 0.05) is 37.6 Å². The molecule has 70 heavy (non-hydrogen) atoms. The molecule has 23 nitrogen and oxygen atoms in total. The highest BCUT2D eigenvalue weighted by Gasteiger charge is 2.34. The Kier molecular flexibility index (Phi) is 21.7. The smallest absolute Gasteiger partial charge is 0.326 e. The van der Waals surface area contributed by atoms with Crippen molar-refractivity contribution in [3.05, 3.63) is 114 Å². The standard InChI is InChI=1S/C47H61N11O12/c1-27(59)41(46(68)57-38(47(69)70)22-31-24-50-26-52-31)58-45(67)37(21-30-12-16-33(61)17-13-30)56-44(66)36(19-28-7-3-2-4-8-28)54-40(63)25-51-42(64)35(20-29-10-14-32(60)15-11-29)55-43(65)34(9-5-6-18-48)53-39(62)23-49/h2-4,7-8,10-17,24,26-27,34-38,41,59-61H,5-6,9,18-23,25,48-49H2,1H3,(H,50,52)(H,51,64)(H,53,62)(H,54,63)(H,55,65)(H,56,66)(H,57,68)(H,58,67)(H,69,70)/t27-,34+,35+,36+,37+,38+,41+/m1/s1. The number of amides is 7. The normalized spacial score (nSPS) is 13.9. The van der Waals surface area contributed by atoms with Gasteiger partial charge >= 0.3 is 5.97 Å². The van der Waals surface area contributed by atoms with Gasteiger partial charge in [0.2, 0.25) is 41.4 Å². The maximum absolute atomic E-state index is 14.3. The summed E-state index contributed by atoms with van der Waals surface area (Å²) in [5.41, 5.74) is 13.0. The number of nitrogens with two attached hydrogens (primary N) is 2. The van der Waals surface area contributed by atoms with Crippen LogP contribution in [0.2, 0.25) is 0 Å². The van der Waals surface area contributed by atoms with E-state index in [4.69, 9.17) is 11.5 Å². The summed E-state index contributed by atoms with van der Waals surface area (Å²) < 4.78 is 0. The molecule has 1 heterocycles. The third-order valence-corrected chi connectivity index (χ3v) is 10.8. The van der Waals surface area contributed by atoms with Crippen LogP contribution in [-0.2, 0) is 64.0 Å². The van der Waals surface area contributed by atoms with Crippen molar-refractivity contribution in [3.63, 3.8) is 0 Å². The number of carbonyl (C=O) groups excluding carboxylic acids is 7. The summed E-state index contributed by atoms with van der Waals surface area (Å²) in [6, 6.07) is 11.5. The van der Waals surface area contributed by atoms with E-state index in [1.54, 1.807) is 30.3 Å². The number of carbonyl (C=O) groups is 8. The molecule has 0 aliphatic rings. The number of aliphatic hydroxyl groups is 1. The number of aliphatic hydroxyl groups excluding tert-OH is 1. The van der Waals surface area contributed by atoms with E-state index < -0.39 is 103 Å². The molecule has 7 amide bonds. The number of unbranched alkanes of at least 4 members (excludes halogenated alkanes) is 1. The molecule has 4 rings (SSSR count). The molecule has 3 aromatic carbocycles. The molecule has 0 bridgehead atoms. The predicted octanol–water partition coefficient (Wildman–Crippen LogP) is -2.33. The summed E-state index contributed by atoms with van der Waals surface area (Å²) >= 11 is 0. The molecule has 0 aliphatic heterocycles. The Bertz CT molecular complexity index is 2350. The summed E-state index contributed by atoms with van der Waals surface area (Å²) in [6.07, 6.45) is 1.67. The maximum atomic E-state index is 14.3. The first-order valence-electron chi connectivity index (χ1n) is 22.4. The fraction of sp³-hybridized carbons (Fsp3) is 0.383. The van der Waals surface area contributed by atoms with Gasteiger partial charge in [0.05, 0.1) is 25.5 Å². The van der Waals surface area contributed by atoms with Gasteiger partial charge in [-0.2, -0.15) is 0 Å². The van der Waals surface area contributed by atoms with Gasteiger partial charge < -0.3 is 74.1 Å². The number of nitrogens with zero attached hydrogens (tertiary/aromatic N) is 1. The number of aromatic nitrogens is 2. The second-order valence-corrected chi connectivity index (χ2v) is 16.4. The summed E-state index contributed by atoms with van der Waals surface area (Å²) in [5.74, 6) is -7.44. The lowest BCUT2D eigenvalue weighted by Crippen LogP contribution is -2.61. The Hall–Kier alpha value is -7.89. The topological polar surface area (TPSA) is 382 Å². The van der Waals surface area contributed by atoms with E-state index >= 15 is 0 Å². The number of carboxylic acids is 1. The van der Waals surface area contributed by atoms with Crippen molar-refractivity contribution in [2.45, 2.75) is 94.2 Å². The van der Waals surface area contributed by atoms with Crippen LogP contribution in [-0.4, -0.2) is 140 Å². The van der Waals surface area contributed by atoms with Crippen LogP contribution in [0, 0.1) is 0 Å². The lowest BCUT2D eigenvalue weighted by molar-refractivity contribution is -0.143. The van der Waals surface area contributed by atoms with Crippen molar-refractivity contribution in [2.75, 3.05) is 19.6 Å². The molecule has 7 atom stereocenters. The van der Waals surface area contributed by atoms with E-state index in [-0.39, 0.29) is 43.6 Å². The average Bonchev–Trinajstić information content (AvgIpc) is 3.86. The zero-order valence-electron chi connectivity index (χ0n) is 38.4. The number of phenolic OH excluding ortho intramolecular Hbond substituents is 2. The number of benzene rings is 3. The van der Waals surface area contributed by atoms with Crippen molar-refractivity contribution in [1.82, 2.24) is 47.2 Å². The van der Waals surface area contributed by atoms with Gasteiger partial charge in [-0.05, 0) is 73.7 Å². The zero-order valence-corrected chi connectivity index (χ0v) is 38.4. The van der Waals surface area contributed by atoms with Gasteiger partial charge in [-0.1, -0.05) is 54.6 Å². The van der Waals surface area contributed by atoms with Gasteiger partial charge in [-0.25, -0.2) is 9.78 Å². The van der Waals surface area contributed by atoms with Gasteiger partial charge in [-0.15, -0.1) is 0 Å². The van der Waals surface area contributed by atoms with Crippen molar-refractivity contribution in [3.8, 4) is 11.5 Å². The van der Waals surface area contributed by atoms with Gasteiger partial charge in [0.1, 0.15) is 47.8 Å². The summed E-state index contributed by atoms with van der Waals surface area (Å²) in [6.45, 7) is 0.438. The van der Waals surface area contributed by atoms with E-state index in [1.165, 1.54) is 68.0 Å². The van der Waals surface area contributed by atoms with Crippen molar-refractivity contribution >= 4 is 47.3 Å². The largest absolute Gasteiger partial charge is 0.508 e. The van der Waals surface area contributed by atoms with Crippen molar-refractivity contribution in [1.29, 1.82) is 0 Å². The van der Waals surface area contributed by atoms with Crippen LogP contribution >= 0.6 is 0 Å². The van der Waals surface area contributed by atoms with Gasteiger partial charge in [-0.3, -0.25) is 33.6 Å². The van der Waals surface area contributed by atoms with E-state index in [9.17, 15) is 58.8 Å². The first-order valence-corrected chi connectivity index (χ1v) is 22.4. The molecule has 0 unspecified atom stereocenters. The quantitative estimate of drug-likeness (QED) is 0.0266. The molecule has 0 saturated heterocycles. The molecular formula is C47H61N11O12. The molecule has 0 fully saturated rings. The summed E-state index contributed by atoms with van der Waals surface area (Å²) in [4.78, 5) is 114. The molecular weight excluding hydrogens is 911 g/mol. The SMILES string of the molecule is C[C@@H](O)[C@H](NC(=O)[C@H](Cc1ccc(O)cc1)NC(=O)[C@H](Cc1ccccc1)NC(=O)CNC(=O)[C@H](Cc1ccc(O)cc1)NC(=O)[C@H](CCCCN)NC(=O)CN)C(=O)N[C@@H](Cc1cnc[nH]1)C(=O)O. The van der Waals surface area contributed by atoms with E-state index in [2.05, 4.69) is 47.2 Å². The second kappa shape index (κ2) is 27.8. The highest BCUT2D eigenvalue weighted by molar-refractivity contribution is 5.97. The van der Waals surface area contributed by atoms with Gasteiger partial charge in [0.15, 0.2) is 0 Å². The van der Waals surface area contributed by atoms with Crippen LogP contribution in [0.5, 0.6) is 11.5 Å². The van der Waals surface area contributed by atoms with Crippen LogP contribution < -0.4 is 48.7 Å². The Balaban J connectivity index is 1.55. The monoisotopic (exact) mass is 971 g/mol. The summed E-state index contributed by atoms with van der Waals surface area (Å²) in [5, 5.41) is 57.8. The average molecular weight is 972 g/mol. The Labute approximate surface area is 403 Å². The Morgan fingerprint density at radius 2 is 1.09 bits per heavy atom. The number of H-pyrrole nitrogens is 1. The number of imidazole rings is 1. The number of aliphatic carboxylic acids is 1. The number of aromatic hydroxyl groups is 2. The molecule has 4 aromatic rings. The van der Waals surface area contributed by atoms with Crippen LogP contribution in [0.4, 0.5) is 0 Å². The minimum Gasteiger partial charge on any atom is -0.508 e. The highest BCUT2D eigenvalue weighted by atomic mass is 16.4. The molecule has 16 N–H and O–H groups in total. The van der Waals surface area contributed by atoms with Crippen molar-refractivity contribution in [2.24, 2.45) is 11.5 Å². The molecule has 1 aromatic heterocycles. The Morgan fingerprint density at radius 1 is 0.586 bits per heavy atom. The van der Waals surface area contributed by atoms with Crippen LogP contribution in [0.15, 0.2) is 91.4 Å². The first-order chi connectivity index (χ1) is 33.5. The van der Waals surface area contributed by atoms with E-state index in [0.29, 0.717) is 41.8 Å². The fourth-order valence-corrected chi connectivity index (χ4v) is 7.05. The molecule has 0 radical (unpaired) electrons. The minimum atomic E-state index is -1.71. The lowest BCUT2D eigenvalue weighted by atomic mass is 10.0. The predicted molar refractivity (Wildman–Crippen MR) is 252 cm³/mol. The molecule has 0 spiro atoms. The molecule has 0 saturated carbocycles. The number of phenols is 2. The molecule has 376 valence electrons. The zero-order chi connectivity index (χ0) is 51.2. The number of aromatic amines is 1. The summed E-state index contributed by atoms with van der Waals surface area (Å²) in [7, 11) is 0. The highest BCUT2D eigenvalue weighted by Crippen LogP contribution is 2.15. The van der Waals surface area contributed by atoms with Gasteiger partial charge in [0.25, 0.3) is 0 Å². The Morgan fingerprint density at radius 3 is 1.60 bits per heavy atom. The first kappa shape index (κ1) is 54.7. The number of nitrogens with one attached hydrogen (secondary N) is 8. The van der Waals surface area contributed by atoms with E-state index in [1.807, 2.05) is 0 Å². The van der Waals surface area contributed by atoms with Crippen molar-refractivity contribution < 1.29 is 58.8 Å². The second-order valence-electron chi connectivity index (χ2n) is 16.4. The number of hydrogen-bond acceptors (Lipinski definition) is 14. The molecule has 0 aliphatic carbocycles. The number of hydrogen-bond donors (Lipinski definition) is 14.